The Bertz CT molecular complexity index is 641. The van der Waals surface area contributed by atoms with Crippen LogP contribution in [0, 0.1) is 0 Å². The Kier molecular flexibility index (Phi) is 13.6. The molecule has 2 rings (SSSR count). The Hall–Kier alpha value is -2.35. The van der Waals surface area contributed by atoms with Gasteiger partial charge in [-0.05, 0) is 34.2 Å². The quantitative estimate of drug-likeness (QED) is 0.574. The van der Waals surface area contributed by atoms with Crippen molar-refractivity contribution in [2.45, 2.75) is 53.9 Å². The van der Waals surface area contributed by atoms with E-state index in [-0.39, 0.29) is 0 Å². The second-order valence-electron chi connectivity index (χ2n) is 5.95. The first-order chi connectivity index (χ1) is 12.6. The molecule has 0 saturated carbocycles. The average Bonchev–Trinajstić information content (AvgIpc) is 2.68. The van der Waals surface area contributed by atoms with Gasteiger partial charge in [0.2, 0.25) is 0 Å². The molecule has 0 aliphatic rings. The van der Waals surface area contributed by atoms with Gasteiger partial charge in [0.25, 0.3) is 0 Å². The van der Waals surface area contributed by atoms with Gasteiger partial charge in [-0.2, -0.15) is 0 Å². The topological polar surface area (TPSA) is 24.4 Å². The van der Waals surface area contributed by atoms with Crippen molar-refractivity contribution in [1.82, 2.24) is 5.32 Å². The Morgan fingerprint density at radius 2 is 1.58 bits per heavy atom. The Labute approximate surface area is 161 Å². The van der Waals surface area contributed by atoms with Gasteiger partial charge >= 0.3 is 0 Å². The molecule has 0 aromatic heterocycles. The van der Waals surface area contributed by atoms with E-state index in [2.05, 4.69) is 80.5 Å². The van der Waals surface area contributed by atoms with E-state index in [1.54, 1.807) is 6.20 Å². The third-order valence-electron chi connectivity index (χ3n) is 3.36. The average molecular weight is 353 g/mol. The van der Waals surface area contributed by atoms with E-state index in [0.717, 1.165) is 0 Å². The van der Waals surface area contributed by atoms with Crippen molar-refractivity contribution >= 4 is 6.21 Å². The van der Waals surface area contributed by atoms with Gasteiger partial charge < -0.3 is 5.32 Å². The Morgan fingerprint density at radius 1 is 0.962 bits per heavy atom. The monoisotopic (exact) mass is 352 g/mol. The minimum absolute atomic E-state index is 0.476. The van der Waals surface area contributed by atoms with E-state index in [4.69, 9.17) is 0 Å². The van der Waals surface area contributed by atoms with Gasteiger partial charge in [-0.1, -0.05) is 90.4 Å². The number of aliphatic imine (C=N–C) groups is 1. The molecule has 26 heavy (non-hydrogen) atoms. The summed E-state index contributed by atoms with van der Waals surface area (Å²) < 4.78 is 0. The van der Waals surface area contributed by atoms with Crippen molar-refractivity contribution in [2.75, 3.05) is 7.05 Å². The molecule has 0 radical (unpaired) electrons. The fraction of sp³-hybridized carbons (Fsp3) is 0.375. The smallest absolute Gasteiger partial charge is 0.0424 e. The molecular weight excluding hydrogens is 316 g/mol. The molecule has 2 aromatic rings. The standard InChI is InChI=1S/C19H22N2.C3H8.C2H6/c1-15(2)19-10-9-17(16-7-5-4-6-8-16)13-18(19)14-21-12-11-20-3;1-3-2;1-2/h4-15,20H,1-3H3;3H2,1-2H3;1-2H3/b12-11-,21-14?;;. The summed E-state index contributed by atoms with van der Waals surface area (Å²) in [5, 5.41) is 2.93. The second-order valence-corrected chi connectivity index (χ2v) is 5.95. The molecule has 0 fully saturated rings. The molecule has 0 heterocycles. The van der Waals surface area contributed by atoms with E-state index in [1.165, 1.54) is 28.7 Å². The lowest BCUT2D eigenvalue weighted by molar-refractivity contribution is 0.865. The van der Waals surface area contributed by atoms with Gasteiger partial charge in [-0.25, -0.2) is 0 Å². The molecule has 2 heteroatoms. The Morgan fingerprint density at radius 3 is 2.12 bits per heavy atom. The highest BCUT2D eigenvalue weighted by Gasteiger charge is 2.07. The van der Waals surface area contributed by atoms with Gasteiger partial charge in [-0.15, -0.1) is 0 Å². The lowest BCUT2D eigenvalue weighted by Crippen LogP contribution is -1.96. The number of rotatable bonds is 5. The predicted molar refractivity (Wildman–Crippen MR) is 119 cm³/mol. The van der Waals surface area contributed by atoms with Crippen molar-refractivity contribution in [3.63, 3.8) is 0 Å². The van der Waals surface area contributed by atoms with Crippen LogP contribution in [0.5, 0.6) is 0 Å². The van der Waals surface area contributed by atoms with Crippen molar-refractivity contribution in [3.05, 3.63) is 72.1 Å². The van der Waals surface area contributed by atoms with Crippen LogP contribution in [0.2, 0.25) is 0 Å². The predicted octanol–water partition coefficient (Wildman–Crippen LogP) is 7.03. The highest BCUT2D eigenvalue weighted by molar-refractivity contribution is 5.85. The zero-order valence-electron chi connectivity index (χ0n) is 17.6. The molecular formula is C24H36N2. The molecule has 0 aliphatic heterocycles. The number of nitrogens with one attached hydrogen (secondary N) is 1. The molecule has 1 N–H and O–H groups in total. The summed E-state index contributed by atoms with van der Waals surface area (Å²) in [4.78, 5) is 4.34. The third-order valence-corrected chi connectivity index (χ3v) is 3.36. The maximum atomic E-state index is 4.34. The summed E-state index contributed by atoms with van der Waals surface area (Å²) in [6.07, 6.45) is 6.75. The highest BCUT2D eigenvalue weighted by Crippen LogP contribution is 2.25. The van der Waals surface area contributed by atoms with Crippen LogP contribution in [0.25, 0.3) is 11.1 Å². The van der Waals surface area contributed by atoms with E-state index in [1.807, 2.05) is 39.4 Å². The van der Waals surface area contributed by atoms with Gasteiger partial charge in [0, 0.05) is 25.7 Å². The first-order valence-corrected chi connectivity index (χ1v) is 9.68. The fourth-order valence-electron chi connectivity index (χ4n) is 2.26. The van der Waals surface area contributed by atoms with Crippen molar-refractivity contribution in [1.29, 1.82) is 0 Å². The SMILES string of the molecule is CC.CCC.CN/C=C\N=Cc1cc(-c2ccccc2)ccc1C(C)C. The molecule has 0 spiro atoms. The molecule has 0 aliphatic carbocycles. The van der Waals surface area contributed by atoms with Crippen LogP contribution in [0.1, 0.15) is 65.0 Å². The largest absolute Gasteiger partial charge is 0.393 e. The van der Waals surface area contributed by atoms with Crippen LogP contribution in [-0.2, 0) is 0 Å². The first-order valence-electron chi connectivity index (χ1n) is 9.68. The molecule has 0 amide bonds. The number of nitrogens with zero attached hydrogens (tertiary/aromatic N) is 1. The summed E-state index contributed by atoms with van der Waals surface area (Å²) in [5.74, 6) is 0.476. The molecule has 0 atom stereocenters. The molecule has 142 valence electrons. The number of hydrogen-bond acceptors (Lipinski definition) is 2. The summed E-state index contributed by atoms with van der Waals surface area (Å²) in [7, 11) is 1.86. The molecule has 0 bridgehead atoms. The second kappa shape index (κ2) is 14.9. The highest BCUT2D eigenvalue weighted by atomic mass is 14.8. The fourth-order valence-corrected chi connectivity index (χ4v) is 2.26. The maximum Gasteiger partial charge on any atom is 0.0424 e. The zero-order valence-corrected chi connectivity index (χ0v) is 17.6. The van der Waals surface area contributed by atoms with E-state index in [9.17, 15) is 0 Å². The van der Waals surface area contributed by atoms with Crippen LogP contribution in [-0.4, -0.2) is 13.3 Å². The van der Waals surface area contributed by atoms with E-state index < -0.39 is 0 Å². The van der Waals surface area contributed by atoms with Crippen LogP contribution < -0.4 is 5.32 Å². The minimum Gasteiger partial charge on any atom is -0.393 e. The minimum atomic E-state index is 0.476. The van der Waals surface area contributed by atoms with Gasteiger partial charge in [0.05, 0.1) is 0 Å². The van der Waals surface area contributed by atoms with E-state index in [0.29, 0.717) is 5.92 Å². The summed E-state index contributed by atoms with van der Waals surface area (Å²) in [6.45, 7) is 12.7. The molecule has 2 aromatic carbocycles. The van der Waals surface area contributed by atoms with Gasteiger partial charge in [0.15, 0.2) is 0 Å². The molecule has 0 saturated heterocycles. The number of benzene rings is 2. The molecule has 2 nitrogen and oxygen atoms in total. The van der Waals surface area contributed by atoms with Crippen LogP contribution in [0.4, 0.5) is 0 Å². The number of hydrogen-bond donors (Lipinski definition) is 1. The van der Waals surface area contributed by atoms with Gasteiger partial charge in [-0.3, -0.25) is 4.99 Å². The summed E-state index contributed by atoms with van der Waals surface area (Å²) in [5.41, 5.74) is 4.94. The summed E-state index contributed by atoms with van der Waals surface area (Å²) in [6, 6.07) is 17.0. The van der Waals surface area contributed by atoms with Crippen molar-refractivity contribution < 1.29 is 0 Å². The lowest BCUT2D eigenvalue weighted by Gasteiger charge is -2.12. The van der Waals surface area contributed by atoms with Gasteiger partial charge in [0.1, 0.15) is 0 Å². The third kappa shape index (κ3) is 8.66. The van der Waals surface area contributed by atoms with Crippen molar-refractivity contribution in [2.24, 2.45) is 4.99 Å². The van der Waals surface area contributed by atoms with Crippen LogP contribution in [0.15, 0.2) is 65.9 Å². The van der Waals surface area contributed by atoms with Crippen LogP contribution in [0.3, 0.4) is 0 Å². The Balaban J connectivity index is 0.00000113. The van der Waals surface area contributed by atoms with Crippen molar-refractivity contribution in [3.8, 4) is 11.1 Å². The lowest BCUT2D eigenvalue weighted by atomic mass is 9.93. The zero-order chi connectivity index (χ0) is 19.8. The molecule has 0 unspecified atom stereocenters. The maximum absolute atomic E-state index is 4.34. The van der Waals surface area contributed by atoms with E-state index >= 15 is 0 Å². The first kappa shape index (κ1) is 23.7. The van der Waals surface area contributed by atoms with Crippen LogP contribution >= 0.6 is 0 Å². The normalized spacial score (nSPS) is 10.3. The summed E-state index contributed by atoms with van der Waals surface area (Å²) >= 11 is 0.